The Hall–Kier alpha value is -3.38. The van der Waals surface area contributed by atoms with E-state index in [4.69, 9.17) is 14.9 Å². The fourth-order valence-corrected chi connectivity index (χ4v) is 5.25. The normalized spacial score (nSPS) is 18.7. The molecular formula is C29H34N4O2. The molecule has 1 aromatic heterocycles. The average Bonchev–Trinajstić information content (AvgIpc) is 3.29. The molecule has 6 nitrogen and oxygen atoms in total. The lowest BCUT2D eigenvalue weighted by molar-refractivity contribution is 0.0852. The molecule has 2 heterocycles. The number of piperidine rings is 1. The lowest BCUT2D eigenvalue weighted by Crippen LogP contribution is -2.45. The molecule has 0 bridgehead atoms. The Kier molecular flexibility index (Phi) is 6.73. The largest absolute Gasteiger partial charge is 0.492 e. The summed E-state index contributed by atoms with van der Waals surface area (Å²) in [6.45, 7) is 8.69. The Labute approximate surface area is 206 Å². The summed E-state index contributed by atoms with van der Waals surface area (Å²) < 4.78 is 11.5. The molecule has 0 aliphatic carbocycles. The number of nitrogens with zero attached hydrogens (tertiary/aromatic N) is 2. The van der Waals surface area contributed by atoms with Crippen LogP contribution in [0.25, 0.3) is 32.9 Å². The highest BCUT2D eigenvalue weighted by Crippen LogP contribution is 2.31. The van der Waals surface area contributed by atoms with Crippen LogP contribution in [0.1, 0.15) is 45.6 Å². The van der Waals surface area contributed by atoms with Crippen molar-refractivity contribution in [3.05, 3.63) is 60.2 Å². The van der Waals surface area contributed by atoms with Crippen LogP contribution in [0.3, 0.4) is 0 Å². The molecule has 1 aliphatic heterocycles. The van der Waals surface area contributed by atoms with Crippen molar-refractivity contribution in [2.75, 3.05) is 19.8 Å². The fraction of sp³-hybridized carbons (Fsp3) is 0.379. The SMILES string of the molecule is CCOC(=N)c1ccc2[nH]nc(-c3ccc4cc(OCCN5[C@H](C)CCC[C@@H]5C)ccc4c3)c2c1. The minimum Gasteiger partial charge on any atom is -0.492 e. The van der Waals surface area contributed by atoms with Crippen molar-refractivity contribution in [3.63, 3.8) is 0 Å². The molecule has 0 amide bonds. The van der Waals surface area contributed by atoms with E-state index in [1.807, 2.05) is 25.1 Å². The molecule has 3 aromatic carbocycles. The second kappa shape index (κ2) is 10.1. The van der Waals surface area contributed by atoms with Crippen LogP contribution in [-0.4, -0.2) is 52.8 Å². The van der Waals surface area contributed by atoms with Gasteiger partial charge in [-0.2, -0.15) is 5.10 Å². The van der Waals surface area contributed by atoms with Gasteiger partial charge in [0.15, 0.2) is 0 Å². The number of fused-ring (bicyclic) bond motifs is 2. The molecule has 0 spiro atoms. The number of nitrogens with one attached hydrogen (secondary N) is 2. The van der Waals surface area contributed by atoms with Crippen LogP contribution in [0.2, 0.25) is 0 Å². The lowest BCUT2D eigenvalue weighted by atomic mass is 9.98. The molecule has 0 unspecified atom stereocenters. The van der Waals surface area contributed by atoms with Crippen LogP contribution in [0.5, 0.6) is 5.75 Å². The summed E-state index contributed by atoms with van der Waals surface area (Å²) in [6.07, 6.45) is 3.90. The maximum atomic E-state index is 8.12. The average molecular weight is 471 g/mol. The summed E-state index contributed by atoms with van der Waals surface area (Å²) in [6, 6.07) is 19.7. The van der Waals surface area contributed by atoms with Gasteiger partial charge in [0.25, 0.3) is 0 Å². The molecule has 6 heteroatoms. The molecule has 0 radical (unpaired) electrons. The van der Waals surface area contributed by atoms with Gasteiger partial charge in [-0.15, -0.1) is 0 Å². The number of hydrogen-bond acceptors (Lipinski definition) is 5. The molecule has 1 saturated heterocycles. The number of aromatic nitrogens is 2. The van der Waals surface area contributed by atoms with Crippen molar-refractivity contribution in [2.45, 2.75) is 52.1 Å². The van der Waals surface area contributed by atoms with Gasteiger partial charge in [-0.05, 0) is 80.8 Å². The second-order valence-corrected chi connectivity index (χ2v) is 9.53. The number of likely N-dealkylation sites (tertiary alicyclic amines) is 1. The second-order valence-electron chi connectivity index (χ2n) is 9.53. The van der Waals surface area contributed by atoms with Crippen molar-refractivity contribution in [1.29, 1.82) is 5.41 Å². The number of ether oxygens (including phenoxy) is 2. The third kappa shape index (κ3) is 4.89. The Morgan fingerprint density at radius 3 is 2.60 bits per heavy atom. The fourth-order valence-electron chi connectivity index (χ4n) is 5.25. The molecule has 1 aliphatic rings. The third-order valence-electron chi connectivity index (χ3n) is 7.19. The van der Waals surface area contributed by atoms with Crippen LogP contribution < -0.4 is 4.74 Å². The smallest absolute Gasteiger partial charge is 0.213 e. The lowest BCUT2D eigenvalue weighted by Gasteiger charge is -2.38. The van der Waals surface area contributed by atoms with Gasteiger partial charge in [0.2, 0.25) is 5.90 Å². The number of benzene rings is 3. The zero-order valence-corrected chi connectivity index (χ0v) is 20.8. The van der Waals surface area contributed by atoms with Gasteiger partial charge in [-0.1, -0.05) is 24.6 Å². The zero-order valence-electron chi connectivity index (χ0n) is 20.8. The van der Waals surface area contributed by atoms with Crippen molar-refractivity contribution in [3.8, 4) is 17.0 Å². The van der Waals surface area contributed by atoms with Crippen LogP contribution >= 0.6 is 0 Å². The van der Waals surface area contributed by atoms with Crippen molar-refractivity contribution >= 4 is 27.6 Å². The van der Waals surface area contributed by atoms with Gasteiger partial charge in [-0.3, -0.25) is 15.4 Å². The van der Waals surface area contributed by atoms with Gasteiger partial charge in [0, 0.05) is 35.1 Å². The van der Waals surface area contributed by atoms with E-state index in [-0.39, 0.29) is 5.90 Å². The van der Waals surface area contributed by atoms with E-state index in [0.717, 1.165) is 50.8 Å². The highest BCUT2D eigenvalue weighted by atomic mass is 16.5. The Morgan fingerprint density at radius 2 is 1.80 bits per heavy atom. The van der Waals surface area contributed by atoms with Crippen LogP contribution in [0.15, 0.2) is 54.6 Å². The van der Waals surface area contributed by atoms with Crippen molar-refractivity contribution < 1.29 is 9.47 Å². The first-order valence-corrected chi connectivity index (χ1v) is 12.7. The van der Waals surface area contributed by atoms with E-state index in [9.17, 15) is 0 Å². The highest BCUT2D eigenvalue weighted by Gasteiger charge is 2.24. The maximum absolute atomic E-state index is 8.12. The number of hydrogen-bond donors (Lipinski definition) is 2. The van der Waals surface area contributed by atoms with E-state index < -0.39 is 0 Å². The summed E-state index contributed by atoms with van der Waals surface area (Å²) in [5, 5.41) is 19.1. The number of rotatable bonds is 7. The van der Waals surface area contributed by atoms with Crippen molar-refractivity contribution in [2.24, 2.45) is 0 Å². The molecule has 2 atom stereocenters. The Morgan fingerprint density at radius 1 is 1.03 bits per heavy atom. The van der Waals surface area contributed by atoms with E-state index in [2.05, 4.69) is 65.3 Å². The molecule has 35 heavy (non-hydrogen) atoms. The monoisotopic (exact) mass is 470 g/mol. The molecule has 0 saturated carbocycles. The zero-order chi connectivity index (χ0) is 24.4. The molecule has 5 rings (SSSR count). The quantitative estimate of drug-likeness (QED) is 0.243. The van der Waals surface area contributed by atoms with Crippen LogP contribution in [0, 0.1) is 5.41 Å². The van der Waals surface area contributed by atoms with Gasteiger partial charge < -0.3 is 9.47 Å². The summed E-state index contributed by atoms with van der Waals surface area (Å²) in [7, 11) is 0. The van der Waals surface area contributed by atoms with Crippen LogP contribution in [0.4, 0.5) is 0 Å². The van der Waals surface area contributed by atoms with Gasteiger partial charge in [-0.25, -0.2) is 0 Å². The topological polar surface area (TPSA) is 74.2 Å². The van der Waals surface area contributed by atoms with E-state index in [1.165, 1.54) is 19.3 Å². The minimum absolute atomic E-state index is 0.178. The number of H-pyrrole nitrogens is 1. The van der Waals surface area contributed by atoms with E-state index >= 15 is 0 Å². The molecule has 2 N–H and O–H groups in total. The summed E-state index contributed by atoms with van der Waals surface area (Å²) in [5.74, 6) is 1.09. The Bertz CT molecular complexity index is 1340. The van der Waals surface area contributed by atoms with Gasteiger partial charge in [0.1, 0.15) is 12.4 Å². The van der Waals surface area contributed by atoms with Crippen LogP contribution in [-0.2, 0) is 4.74 Å². The minimum atomic E-state index is 0.178. The predicted molar refractivity (Wildman–Crippen MR) is 142 cm³/mol. The molecular weight excluding hydrogens is 436 g/mol. The standard InChI is InChI=1S/C29H34N4O2/c1-4-34-29(30)24-11-13-27-26(18-24)28(32-31-27)23-9-8-22-17-25(12-10-21(22)16-23)35-15-14-33-19(2)6-5-7-20(33)3/h8-13,16-20,30H,4-7,14-15H2,1-3H3,(H,31,32)/t19-,20+. The van der Waals surface area contributed by atoms with E-state index in [1.54, 1.807) is 0 Å². The highest BCUT2D eigenvalue weighted by molar-refractivity contribution is 6.01. The summed E-state index contributed by atoms with van der Waals surface area (Å²) in [4.78, 5) is 2.58. The predicted octanol–water partition coefficient (Wildman–Crippen LogP) is 6.39. The summed E-state index contributed by atoms with van der Waals surface area (Å²) in [5.41, 5.74) is 3.59. The number of aromatic amines is 1. The van der Waals surface area contributed by atoms with Crippen molar-refractivity contribution in [1.82, 2.24) is 15.1 Å². The van der Waals surface area contributed by atoms with Gasteiger partial charge in [0.05, 0.1) is 17.8 Å². The Balaban J connectivity index is 1.33. The van der Waals surface area contributed by atoms with E-state index in [0.29, 0.717) is 25.3 Å². The van der Waals surface area contributed by atoms with Gasteiger partial charge >= 0.3 is 0 Å². The summed E-state index contributed by atoms with van der Waals surface area (Å²) >= 11 is 0. The first kappa shape index (κ1) is 23.4. The molecule has 182 valence electrons. The third-order valence-corrected chi connectivity index (χ3v) is 7.19. The molecule has 1 fully saturated rings. The first-order valence-electron chi connectivity index (χ1n) is 12.7. The first-order chi connectivity index (χ1) is 17.0. The maximum Gasteiger partial charge on any atom is 0.213 e. The molecule has 4 aromatic rings.